The molecule has 0 amide bonds. The molecule has 0 bridgehead atoms. The minimum absolute atomic E-state index is 0.111. The Morgan fingerprint density at radius 3 is 1.50 bits per heavy atom. The zero-order valence-corrected chi connectivity index (χ0v) is 17.8. The van der Waals surface area contributed by atoms with E-state index >= 15 is 0 Å². The van der Waals surface area contributed by atoms with E-state index in [9.17, 15) is 4.79 Å². The molecule has 0 aliphatic heterocycles. The van der Waals surface area contributed by atoms with Crippen molar-refractivity contribution >= 4 is 25.7 Å². The number of unbranched alkanes of at least 4 members (excludes halogenated alkanes) is 1. The van der Waals surface area contributed by atoms with Gasteiger partial charge in [0.1, 0.15) is 0 Å². The van der Waals surface area contributed by atoms with Gasteiger partial charge in [0, 0.05) is 0 Å². The topological polar surface area (TPSA) is 37.3 Å². The summed E-state index contributed by atoms with van der Waals surface area (Å²) in [6.45, 7) is 18.5. The van der Waals surface area contributed by atoms with Crippen LogP contribution in [0.5, 0.6) is 0 Å². The van der Waals surface area contributed by atoms with E-state index in [1.165, 1.54) is 0 Å². The normalized spacial score (nSPS) is 12.8. The second-order valence-corrected chi connectivity index (χ2v) is 19.3. The van der Waals surface area contributed by atoms with Crippen LogP contribution >= 0.6 is 0 Å². The summed E-state index contributed by atoms with van der Waals surface area (Å²) in [4.78, 5) is 10.4. The third-order valence-electron chi connectivity index (χ3n) is 3.75. The first-order chi connectivity index (χ1) is 9.18. The minimum atomic E-state index is -1.01. The second-order valence-electron chi connectivity index (χ2n) is 6.55. The summed E-state index contributed by atoms with van der Waals surface area (Å²) in [5, 5.41) is 8.60. The van der Waals surface area contributed by atoms with Crippen LogP contribution in [0.25, 0.3) is 0 Å². The maximum absolute atomic E-state index is 10.4. The van der Waals surface area contributed by atoms with E-state index < -0.39 is 25.7 Å². The summed E-state index contributed by atoms with van der Waals surface area (Å²) >= 11 is -1.01. The zero-order valence-electron chi connectivity index (χ0n) is 15.0. The maximum atomic E-state index is 10.4. The van der Waals surface area contributed by atoms with Gasteiger partial charge in [0.05, 0.1) is 5.92 Å². The number of aliphatic carboxylic acids is 1. The number of carbonyl (C=O) groups is 1. The second kappa shape index (κ2) is 13.0. The van der Waals surface area contributed by atoms with Crippen LogP contribution in [0.1, 0.15) is 81.1 Å². The van der Waals surface area contributed by atoms with Crippen molar-refractivity contribution in [1.29, 1.82) is 0 Å². The van der Waals surface area contributed by atoms with Crippen LogP contribution in [0.3, 0.4) is 0 Å². The van der Waals surface area contributed by atoms with Crippen LogP contribution in [0, 0.1) is 5.92 Å². The molecule has 0 aliphatic rings. The molecule has 121 valence electrons. The fraction of sp³-hybridized carbons (Fsp3) is 0.941. The van der Waals surface area contributed by atoms with Gasteiger partial charge in [0.25, 0.3) is 0 Å². The first kappa shape index (κ1) is 22.5. The molecule has 0 aliphatic carbocycles. The summed E-state index contributed by atoms with van der Waals surface area (Å²) in [7, 11) is 0. The third kappa shape index (κ3) is 11.0. The van der Waals surface area contributed by atoms with Crippen LogP contribution in [-0.4, -0.2) is 30.8 Å². The first-order valence-electron chi connectivity index (χ1n) is 8.28. The van der Waals surface area contributed by atoms with E-state index in [2.05, 4.69) is 48.5 Å². The first-order valence-corrected chi connectivity index (χ1v) is 13.2. The van der Waals surface area contributed by atoms with Crippen LogP contribution < -0.4 is 0 Å². The molecular formula is C17H37O2Sn. The quantitative estimate of drug-likeness (QED) is 0.515. The van der Waals surface area contributed by atoms with Crippen molar-refractivity contribution in [2.75, 3.05) is 0 Å². The molecule has 0 spiro atoms. The van der Waals surface area contributed by atoms with Gasteiger partial charge in [-0.05, 0) is 12.8 Å². The molecule has 0 aromatic carbocycles. The Labute approximate surface area is 134 Å². The summed E-state index contributed by atoms with van der Waals surface area (Å²) in [6.07, 6.45) is 3.71. The van der Waals surface area contributed by atoms with Gasteiger partial charge in [0.15, 0.2) is 0 Å². The summed E-state index contributed by atoms with van der Waals surface area (Å²) in [5.41, 5.74) is 0. The van der Waals surface area contributed by atoms with Gasteiger partial charge in [-0.25, -0.2) is 0 Å². The van der Waals surface area contributed by atoms with E-state index in [-0.39, 0.29) is 5.92 Å². The average molecular weight is 392 g/mol. The fourth-order valence-electron chi connectivity index (χ4n) is 2.95. The molecule has 0 saturated carbocycles. The molecular weight excluding hydrogens is 355 g/mol. The monoisotopic (exact) mass is 393 g/mol. The van der Waals surface area contributed by atoms with E-state index in [0.29, 0.717) is 0 Å². The van der Waals surface area contributed by atoms with Gasteiger partial charge in [-0.15, -0.1) is 0 Å². The van der Waals surface area contributed by atoms with Gasteiger partial charge >= 0.3 is 79.1 Å². The van der Waals surface area contributed by atoms with Crippen molar-refractivity contribution in [1.82, 2.24) is 0 Å². The van der Waals surface area contributed by atoms with E-state index in [1.807, 2.05) is 6.92 Å². The molecule has 0 heterocycles. The molecule has 0 aromatic rings. The third-order valence-corrected chi connectivity index (χ3v) is 15.2. The van der Waals surface area contributed by atoms with Gasteiger partial charge in [-0.2, -0.15) is 0 Å². The standard InChI is InChI=1S/C8H16O2.3C3H7.Sn/c1-3-5-6-7(4-2)8(9)10;3*1-3-2;/h7H,3-6H2,1-2H3,(H,9,10);3*3H,1-2H3;. The molecule has 0 aromatic heterocycles. The van der Waals surface area contributed by atoms with Crippen molar-refractivity contribution in [2.45, 2.75) is 92.9 Å². The van der Waals surface area contributed by atoms with E-state index in [4.69, 9.17) is 5.11 Å². The summed E-state index contributed by atoms with van der Waals surface area (Å²) < 4.78 is 3.09. The van der Waals surface area contributed by atoms with Crippen molar-refractivity contribution in [3.05, 3.63) is 0 Å². The Bertz CT molecular complexity index is 218. The zero-order chi connectivity index (χ0) is 16.3. The SMILES string of the molecule is CCCCC(CC)C(=O)O.C[CH](C)[Sn]([CH](C)C)[CH](C)C. The molecule has 3 heteroatoms. The predicted molar refractivity (Wildman–Crippen MR) is 92.0 cm³/mol. The molecule has 0 fully saturated rings. The number of carboxylic acid groups (broad SMARTS) is 1. The van der Waals surface area contributed by atoms with E-state index in [1.54, 1.807) is 0 Å². The van der Waals surface area contributed by atoms with E-state index in [0.717, 1.165) is 37.5 Å². The molecule has 1 unspecified atom stereocenters. The molecule has 0 saturated heterocycles. The molecule has 2 nitrogen and oxygen atoms in total. The summed E-state index contributed by atoms with van der Waals surface area (Å²) in [5.74, 6) is -0.754. The molecule has 0 rings (SSSR count). The van der Waals surface area contributed by atoms with Gasteiger partial charge in [-0.1, -0.05) is 26.7 Å². The van der Waals surface area contributed by atoms with Gasteiger partial charge in [0.2, 0.25) is 0 Å². The number of hydrogen-bond donors (Lipinski definition) is 1. The Morgan fingerprint density at radius 2 is 1.35 bits per heavy atom. The molecule has 20 heavy (non-hydrogen) atoms. The van der Waals surface area contributed by atoms with Crippen molar-refractivity contribution < 1.29 is 9.90 Å². The Kier molecular flexibility index (Phi) is 14.6. The number of hydrogen-bond acceptors (Lipinski definition) is 1. The Balaban J connectivity index is 0. The molecule has 1 radical (unpaired) electrons. The average Bonchev–Trinajstić information content (AvgIpc) is 2.28. The van der Waals surface area contributed by atoms with Crippen LogP contribution in [0.15, 0.2) is 0 Å². The van der Waals surface area contributed by atoms with Crippen molar-refractivity contribution in [3.63, 3.8) is 0 Å². The fourth-order valence-corrected chi connectivity index (χ4v) is 14.4. The van der Waals surface area contributed by atoms with Crippen LogP contribution in [0.2, 0.25) is 11.8 Å². The van der Waals surface area contributed by atoms with Crippen LogP contribution in [-0.2, 0) is 4.79 Å². The van der Waals surface area contributed by atoms with Crippen LogP contribution in [0.4, 0.5) is 0 Å². The Morgan fingerprint density at radius 1 is 0.950 bits per heavy atom. The number of carboxylic acids is 1. The summed E-state index contributed by atoms with van der Waals surface area (Å²) in [6, 6.07) is 0. The van der Waals surface area contributed by atoms with Gasteiger partial charge < -0.3 is 5.11 Å². The Hall–Kier alpha value is 0.269. The van der Waals surface area contributed by atoms with Crippen molar-refractivity contribution in [2.24, 2.45) is 5.92 Å². The predicted octanol–water partition coefficient (Wildman–Crippen LogP) is 6.00. The number of rotatable bonds is 8. The molecule has 1 atom stereocenters. The molecule has 1 N–H and O–H groups in total. The van der Waals surface area contributed by atoms with Crippen molar-refractivity contribution in [3.8, 4) is 0 Å². The van der Waals surface area contributed by atoms with Gasteiger partial charge in [-0.3, -0.25) is 4.79 Å².